The molecule has 10 heteroatoms. The Balaban J connectivity index is 1.96. The Morgan fingerprint density at radius 2 is 2.03 bits per heavy atom. The second kappa shape index (κ2) is 7.77. The van der Waals surface area contributed by atoms with Gasteiger partial charge in [-0.1, -0.05) is 12.1 Å². The van der Waals surface area contributed by atoms with Gasteiger partial charge in [-0.3, -0.25) is 14.4 Å². The molecule has 1 unspecified atom stereocenters. The minimum absolute atomic E-state index is 0.0149. The van der Waals surface area contributed by atoms with Crippen LogP contribution in [0.15, 0.2) is 34.1 Å². The van der Waals surface area contributed by atoms with Crippen molar-refractivity contribution < 1.29 is 33.7 Å². The monoisotopic (exact) mass is 444 g/mol. The second-order valence-electron chi connectivity index (χ2n) is 7.90. The van der Waals surface area contributed by atoms with Crippen LogP contribution >= 0.6 is 0 Å². The van der Waals surface area contributed by atoms with Crippen LogP contribution in [-0.2, 0) is 27.2 Å². The number of carbonyl (C=O) groups is 2. The molecule has 0 saturated carbocycles. The third-order valence-electron chi connectivity index (χ3n) is 5.61. The standard InChI is InChI=1S/C22H21FN2O7/c1-3-31-20(28)14-17(26)15-16-18(32-22(2,21(29)30)10-25(16)19(14)27)12(9-24-15)8-11-4-6-13(23)7-5-11/h4-7,12,26H,3,8-10H2,1-2H3,(H,29,30)/t12?,22-/m1/s1. The molecule has 2 aromatic rings. The van der Waals surface area contributed by atoms with E-state index in [4.69, 9.17) is 9.47 Å². The van der Waals surface area contributed by atoms with Crippen molar-refractivity contribution in [3.63, 3.8) is 0 Å². The summed E-state index contributed by atoms with van der Waals surface area (Å²) in [5.41, 5.74) is -2.51. The number of aromatic hydroxyl groups is 1. The van der Waals surface area contributed by atoms with Crippen molar-refractivity contribution in [3.8, 4) is 5.75 Å². The number of hydrogen-bond donors (Lipinski definition) is 2. The first kappa shape index (κ1) is 21.5. The maximum absolute atomic E-state index is 13.3. The molecule has 0 amide bonds. The molecule has 1 aromatic heterocycles. The minimum Gasteiger partial charge on any atom is -0.505 e. The first-order valence-corrected chi connectivity index (χ1v) is 10.0. The number of pyridine rings is 1. The number of carbonyl (C=O) groups excluding carboxylic acids is 1. The predicted octanol–water partition coefficient (Wildman–Crippen LogP) is 0.344. The zero-order chi connectivity index (χ0) is 23.2. The van der Waals surface area contributed by atoms with Gasteiger partial charge in [0, 0.05) is 5.92 Å². The molecule has 168 valence electrons. The summed E-state index contributed by atoms with van der Waals surface area (Å²) in [6, 6.07) is 5.81. The molecular weight excluding hydrogens is 423 g/mol. The Labute approximate surface area is 181 Å². The van der Waals surface area contributed by atoms with Gasteiger partial charge < -0.3 is 19.7 Å². The quantitative estimate of drug-likeness (QED) is 0.637. The number of benzene rings is 1. The van der Waals surface area contributed by atoms with Crippen molar-refractivity contribution in [3.05, 3.63) is 62.3 Å². The maximum atomic E-state index is 13.3. The van der Waals surface area contributed by atoms with E-state index in [1.54, 1.807) is 19.1 Å². The number of carboxylic acids is 1. The Kier molecular flexibility index (Phi) is 5.23. The molecule has 2 N–H and O–H groups in total. The summed E-state index contributed by atoms with van der Waals surface area (Å²) in [5, 5.41) is 20.6. The zero-order valence-corrected chi connectivity index (χ0v) is 17.4. The number of carboxylic acid groups (broad SMARTS) is 1. The zero-order valence-electron chi connectivity index (χ0n) is 17.4. The van der Waals surface area contributed by atoms with Crippen LogP contribution in [0.3, 0.4) is 0 Å². The Hall–Kier alpha value is -3.69. The molecule has 0 bridgehead atoms. The number of hydrogen-bond acceptors (Lipinski definition) is 7. The van der Waals surface area contributed by atoms with Crippen LogP contribution in [0.25, 0.3) is 5.76 Å². The number of esters is 1. The van der Waals surface area contributed by atoms with Crippen LogP contribution in [-0.4, -0.2) is 45.5 Å². The van der Waals surface area contributed by atoms with Gasteiger partial charge in [-0.05, 0) is 38.0 Å². The summed E-state index contributed by atoms with van der Waals surface area (Å²) < 4.78 is 25.2. The Morgan fingerprint density at radius 1 is 1.34 bits per heavy atom. The second-order valence-corrected chi connectivity index (χ2v) is 7.90. The first-order valence-electron chi connectivity index (χ1n) is 10.0. The molecule has 0 radical (unpaired) electrons. The predicted molar refractivity (Wildman–Crippen MR) is 108 cm³/mol. The molecule has 0 aliphatic carbocycles. The average molecular weight is 444 g/mol. The highest BCUT2D eigenvalue weighted by Crippen LogP contribution is 2.30. The number of ether oxygens (including phenoxy) is 2. The van der Waals surface area contributed by atoms with E-state index >= 15 is 0 Å². The fourth-order valence-electron chi connectivity index (χ4n) is 3.99. The lowest BCUT2D eigenvalue weighted by atomic mass is 9.92. The van der Waals surface area contributed by atoms with Gasteiger partial charge in [0.25, 0.3) is 5.56 Å². The first-order chi connectivity index (χ1) is 15.2. The number of nitrogens with zero attached hydrogens (tertiary/aromatic N) is 2. The van der Waals surface area contributed by atoms with E-state index in [1.807, 2.05) is 0 Å². The molecule has 32 heavy (non-hydrogen) atoms. The molecule has 0 saturated heterocycles. The van der Waals surface area contributed by atoms with Gasteiger partial charge in [0.1, 0.15) is 22.3 Å². The van der Waals surface area contributed by atoms with Gasteiger partial charge in [0.15, 0.2) is 11.3 Å². The van der Waals surface area contributed by atoms with Crippen molar-refractivity contribution in [1.82, 2.24) is 4.57 Å². The van der Waals surface area contributed by atoms with Crippen LogP contribution in [0.1, 0.15) is 29.8 Å². The third kappa shape index (κ3) is 3.41. The van der Waals surface area contributed by atoms with E-state index < -0.39 is 52.7 Å². The van der Waals surface area contributed by atoms with Gasteiger partial charge in [-0.25, -0.2) is 14.0 Å². The number of halogens is 1. The van der Waals surface area contributed by atoms with Gasteiger partial charge in [-0.15, -0.1) is 0 Å². The highest BCUT2D eigenvalue weighted by molar-refractivity contribution is 5.92. The van der Waals surface area contributed by atoms with Crippen molar-refractivity contribution in [2.45, 2.75) is 32.4 Å². The summed E-state index contributed by atoms with van der Waals surface area (Å²) in [6.07, 6.45) is 0.336. The summed E-state index contributed by atoms with van der Waals surface area (Å²) in [6.45, 7) is 2.58. The molecule has 1 aromatic carbocycles. The SMILES string of the molecule is CCOC(=O)c1c(O)c2c3n(c1=O)C[C@](C)(C(=O)O)OC=3C(Cc1ccc(F)cc1)CN=2. The van der Waals surface area contributed by atoms with Crippen molar-refractivity contribution in [2.24, 2.45) is 10.9 Å². The summed E-state index contributed by atoms with van der Waals surface area (Å²) >= 11 is 0. The Bertz CT molecular complexity index is 1300. The van der Waals surface area contributed by atoms with Gasteiger partial charge in [-0.2, -0.15) is 0 Å². The lowest BCUT2D eigenvalue weighted by Gasteiger charge is -2.36. The van der Waals surface area contributed by atoms with E-state index in [0.717, 1.165) is 10.1 Å². The molecule has 2 atom stereocenters. The molecule has 3 heterocycles. The van der Waals surface area contributed by atoms with E-state index in [1.165, 1.54) is 19.1 Å². The van der Waals surface area contributed by atoms with Crippen LogP contribution in [0.5, 0.6) is 5.75 Å². The highest BCUT2D eigenvalue weighted by atomic mass is 19.1. The summed E-state index contributed by atoms with van der Waals surface area (Å²) in [4.78, 5) is 41.9. The van der Waals surface area contributed by atoms with E-state index in [2.05, 4.69) is 4.99 Å². The average Bonchev–Trinajstić information content (AvgIpc) is 2.74. The smallest absolute Gasteiger partial charge is 0.349 e. The summed E-state index contributed by atoms with van der Waals surface area (Å²) in [5.74, 6) is -3.62. The number of aliphatic carboxylic acids is 1. The fourth-order valence-corrected chi connectivity index (χ4v) is 3.99. The van der Waals surface area contributed by atoms with Crippen molar-refractivity contribution in [1.29, 1.82) is 0 Å². The topological polar surface area (TPSA) is 127 Å². The van der Waals surface area contributed by atoms with E-state index in [9.17, 15) is 29.0 Å². The Morgan fingerprint density at radius 3 is 2.66 bits per heavy atom. The van der Waals surface area contributed by atoms with E-state index in [0.29, 0.717) is 6.42 Å². The highest BCUT2D eigenvalue weighted by Gasteiger charge is 2.44. The molecule has 0 spiro atoms. The lowest BCUT2D eigenvalue weighted by Crippen LogP contribution is -2.60. The third-order valence-corrected chi connectivity index (χ3v) is 5.61. The largest absolute Gasteiger partial charge is 0.505 e. The van der Waals surface area contributed by atoms with E-state index in [-0.39, 0.29) is 29.6 Å². The fraction of sp³-hybridized carbons (Fsp3) is 0.364. The van der Waals surface area contributed by atoms with Gasteiger partial charge >= 0.3 is 11.9 Å². The number of aromatic nitrogens is 1. The molecule has 4 rings (SSSR count). The normalized spacial score (nSPS) is 21.2. The molecular formula is C22H21FN2O7. The molecule has 9 nitrogen and oxygen atoms in total. The van der Waals surface area contributed by atoms with Gasteiger partial charge in [0.2, 0.25) is 5.60 Å². The lowest BCUT2D eigenvalue weighted by molar-refractivity contribution is -0.159. The van der Waals surface area contributed by atoms with Crippen LogP contribution in [0.4, 0.5) is 4.39 Å². The van der Waals surface area contributed by atoms with Gasteiger partial charge in [0.05, 0.1) is 19.7 Å². The van der Waals surface area contributed by atoms with Crippen molar-refractivity contribution in [2.75, 3.05) is 13.2 Å². The molecule has 2 aliphatic heterocycles. The molecule has 0 fully saturated rings. The van der Waals surface area contributed by atoms with Crippen LogP contribution in [0.2, 0.25) is 0 Å². The van der Waals surface area contributed by atoms with Crippen molar-refractivity contribution >= 4 is 17.7 Å². The minimum atomic E-state index is -1.79. The number of rotatable bonds is 5. The van der Waals surface area contributed by atoms with Crippen LogP contribution in [0, 0.1) is 11.7 Å². The maximum Gasteiger partial charge on any atom is 0.349 e. The summed E-state index contributed by atoms with van der Waals surface area (Å²) in [7, 11) is 0. The van der Waals surface area contributed by atoms with Crippen LogP contribution < -0.4 is 16.3 Å². The molecule has 2 aliphatic rings.